The number of anilines is 1. The third-order valence-electron chi connectivity index (χ3n) is 2.99. The van der Waals surface area contributed by atoms with Crippen molar-refractivity contribution in [3.8, 4) is 0 Å². The van der Waals surface area contributed by atoms with Crippen LogP contribution in [0.3, 0.4) is 0 Å². The van der Waals surface area contributed by atoms with E-state index in [9.17, 15) is 8.42 Å². The number of hydrogen-bond acceptors (Lipinski definition) is 4. The molecular weight excluding hydrogens is 274 g/mol. The molecule has 0 radical (unpaired) electrons. The molecule has 1 rings (SSSR count). The van der Waals surface area contributed by atoms with Crippen LogP contribution in [-0.4, -0.2) is 19.4 Å². The molecule has 3 N–H and O–H groups in total. The summed E-state index contributed by atoms with van der Waals surface area (Å²) in [6.07, 6.45) is 2.09. The fourth-order valence-corrected chi connectivity index (χ4v) is 2.91. The van der Waals surface area contributed by atoms with Crippen LogP contribution in [0, 0.1) is 5.92 Å². The van der Waals surface area contributed by atoms with Crippen LogP contribution >= 0.6 is 11.6 Å². The van der Waals surface area contributed by atoms with Crippen molar-refractivity contribution in [1.29, 1.82) is 0 Å². The maximum absolute atomic E-state index is 12.1. The van der Waals surface area contributed by atoms with Crippen LogP contribution in [0.4, 0.5) is 5.82 Å². The molecule has 1 aromatic rings. The van der Waals surface area contributed by atoms with Crippen molar-refractivity contribution in [2.75, 3.05) is 5.73 Å². The predicted molar refractivity (Wildman–Crippen MR) is 72.9 cm³/mol. The highest BCUT2D eigenvalue weighted by atomic mass is 35.5. The largest absolute Gasteiger partial charge is 0.382 e. The Balaban J connectivity index is 2.96. The van der Waals surface area contributed by atoms with Crippen molar-refractivity contribution in [2.24, 2.45) is 5.92 Å². The quantitative estimate of drug-likeness (QED) is 0.869. The zero-order valence-electron chi connectivity index (χ0n) is 10.6. The Labute approximate surface area is 113 Å². The number of nitrogens with zero attached hydrogens (tertiary/aromatic N) is 1. The van der Waals surface area contributed by atoms with Crippen molar-refractivity contribution in [3.05, 3.63) is 17.3 Å². The van der Waals surface area contributed by atoms with Gasteiger partial charge in [0.05, 0.1) is 5.02 Å². The standard InChI is InChI=1S/C11H18ClN3O2S/c1-4-7(2)8(3)15-18(16,17)9-5-10(12)11(13)14-6-9/h5-8,15H,4H2,1-3H3,(H2,13,14). The molecule has 0 spiro atoms. The predicted octanol–water partition coefficient (Wildman–Crippen LogP) is 2.03. The van der Waals surface area contributed by atoms with Crippen LogP contribution < -0.4 is 10.5 Å². The van der Waals surface area contributed by atoms with E-state index in [0.29, 0.717) is 0 Å². The van der Waals surface area contributed by atoms with E-state index in [0.717, 1.165) is 6.42 Å². The Morgan fingerprint density at radius 1 is 1.50 bits per heavy atom. The van der Waals surface area contributed by atoms with E-state index in [1.165, 1.54) is 12.3 Å². The molecule has 18 heavy (non-hydrogen) atoms. The highest BCUT2D eigenvalue weighted by molar-refractivity contribution is 7.89. The molecule has 2 atom stereocenters. The number of aromatic nitrogens is 1. The first-order valence-electron chi connectivity index (χ1n) is 5.71. The molecule has 0 aliphatic rings. The van der Waals surface area contributed by atoms with Gasteiger partial charge in [-0.1, -0.05) is 31.9 Å². The van der Waals surface area contributed by atoms with E-state index in [-0.39, 0.29) is 27.7 Å². The van der Waals surface area contributed by atoms with Gasteiger partial charge in [-0.3, -0.25) is 0 Å². The van der Waals surface area contributed by atoms with Crippen LogP contribution in [0.25, 0.3) is 0 Å². The Kier molecular flexibility index (Phi) is 4.95. The van der Waals surface area contributed by atoms with Crippen molar-refractivity contribution < 1.29 is 8.42 Å². The number of pyridine rings is 1. The molecule has 7 heteroatoms. The minimum atomic E-state index is -3.61. The van der Waals surface area contributed by atoms with Crippen LogP contribution in [0.2, 0.25) is 5.02 Å². The molecule has 5 nitrogen and oxygen atoms in total. The van der Waals surface area contributed by atoms with Gasteiger partial charge in [0.1, 0.15) is 10.7 Å². The number of nitrogens with two attached hydrogens (primary N) is 1. The van der Waals surface area contributed by atoms with Crippen LogP contribution in [0.15, 0.2) is 17.2 Å². The number of hydrogen-bond donors (Lipinski definition) is 2. The van der Waals surface area contributed by atoms with Gasteiger partial charge in [-0.2, -0.15) is 0 Å². The third-order valence-corrected chi connectivity index (χ3v) is 4.82. The summed E-state index contributed by atoms with van der Waals surface area (Å²) in [6.45, 7) is 5.83. The van der Waals surface area contributed by atoms with Gasteiger partial charge < -0.3 is 5.73 Å². The zero-order chi connectivity index (χ0) is 13.9. The summed E-state index contributed by atoms with van der Waals surface area (Å²) in [5.41, 5.74) is 5.44. The zero-order valence-corrected chi connectivity index (χ0v) is 12.2. The van der Waals surface area contributed by atoms with E-state index in [1.54, 1.807) is 0 Å². The second-order valence-corrected chi connectivity index (χ2v) is 6.45. The van der Waals surface area contributed by atoms with Crippen molar-refractivity contribution in [2.45, 2.75) is 38.1 Å². The Bertz CT molecular complexity index is 519. The van der Waals surface area contributed by atoms with E-state index in [2.05, 4.69) is 9.71 Å². The van der Waals surface area contributed by atoms with E-state index >= 15 is 0 Å². The molecule has 0 saturated heterocycles. The number of nitrogens with one attached hydrogen (secondary N) is 1. The summed E-state index contributed by atoms with van der Waals surface area (Å²) in [6, 6.07) is 1.14. The second kappa shape index (κ2) is 5.86. The lowest BCUT2D eigenvalue weighted by atomic mass is 10.0. The highest BCUT2D eigenvalue weighted by Gasteiger charge is 2.21. The molecule has 0 saturated carbocycles. The van der Waals surface area contributed by atoms with Crippen LogP contribution in [0.1, 0.15) is 27.2 Å². The lowest BCUT2D eigenvalue weighted by molar-refractivity contribution is 0.434. The van der Waals surface area contributed by atoms with E-state index in [1.807, 2.05) is 20.8 Å². The van der Waals surface area contributed by atoms with Gasteiger partial charge in [-0.05, 0) is 18.9 Å². The maximum Gasteiger partial charge on any atom is 0.242 e. The van der Waals surface area contributed by atoms with Gasteiger partial charge >= 0.3 is 0 Å². The van der Waals surface area contributed by atoms with E-state index < -0.39 is 10.0 Å². The van der Waals surface area contributed by atoms with Crippen LogP contribution in [-0.2, 0) is 10.0 Å². The number of halogens is 1. The maximum atomic E-state index is 12.1. The Morgan fingerprint density at radius 2 is 2.11 bits per heavy atom. The topological polar surface area (TPSA) is 85.1 Å². The molecule has 0 amide bonds. The number of sulfonamides is 1. The van der Waals surface area contributed by atoms with Gasteiger partial charge in [0, 0.05) is 12.2 Å². The summed E-state index contributed by atoms with van der Waals surface area (Å²) in [5.74, 6) is 0.363. The Morgan fingerprint density at radius 3 is 2.61 bits per heavy atom. The summed E-state index contributed by atoms with van der Waals surface area (Å²) in [4.78, 5) is 3.77. The second-order valence-electron chi connectivity index (χ2n) is 4.33. The van der Waals surface area contributed by atoms with Gasteiger partial charge in [-0.15, -0.1) is 0 Å². The SMILES string of the molecule is CCC(C)C(C)NS(=O)(=O)c1cnc(N)c(Cl)c1. The molecule has 0 aliphatic heterocycles. The summed E-state index contributed by atoms with van der Waals surface area (Å²) in [5, 5.41) is 0.133. The molecule has 0 aliphatic carbocycles. The van der Waals surface area contributed by atoms with E-state index in [4.69, 9.17) is 17.3 Å². The Hall–Kier alpha value is -0.850. The summed E-state index contributed by atoms with van der Waals surface area (Å²) in [7, 11) is -3.61. The fraction of sp³-hybridized carbons (Fsp3) is 0.545. The first-order valence-corrected chi connectivity index (χ1v) is 7.57. The number of rotatable bonds is 5. The minimum absolute atomic E-state index is 0.0249. The van der Waals surface area contributed by atoms with Crippen molar-refractivity contribution in [3.63, 3.8) is 0 Å². The third kappa shape index (κ3) is 3.57. The normalized spacial score (nSPS) is 15.3. The minimum Gasteiger partial charge on any atom is -0.382 e. The molecule has 2 unspecified atom stereocenters. The molecule has 0 aromatic carbocycles. The van der Waals surface area contributed by atoms with Gasteiger partial charge in [0.2, 0.25) is 10.0 Å². The summed E-state index contributed by atoms with van der Waals surface area (Å²) >= 11 is 5.77. The lowest BCUT2D eigenvalue weighted by Crippen LogP contribution is -2.36. The molecule has 0 bridgehead atoms. The average Bonchev–Trinajstić information content (AvgIpc) is 2.30. The first kappa shape index (κ1) is 15.2. The highest BCUT2D eigenvalue weighted by Crippen LogP contribution is 2.20. The van der Waals surface area contributed by atoms with Crippen LogP contribution in [0.5, 0.6) is 0 Å². The van der Waals surface area contributed by atoms with Crippen molar-refractivity contribution in [1.82, 2.24) is 9.71 Å². The molecule has 0 fully saturated rings. The van der Waals surface area contributed by atoms with Gasteiger partial charge in [0.15, 0.2) is 0 Å². The molecule has 1 aromatic heterocycles. The monoisotopic (exact) mass is 291 g/mol. The summed E-state index contributed by atoms with van der Waals surface area (Å²) < 4.78 is 26.8. The fourth-order valence-electron chi connectivity index (χ4n) is 1.36. The smallest absolute Gasteiger partial charge is 0.242 e. The molecular formula is C11H18ClN3O2S. The van der Waals surface area contributed by atoms with Gasteiger partial charge in [-0.25, -0.2) is 18.1 Å². The first-order chi connectivity index (χ1) is 8.27. The molecule has 102 valence electrons. The average molecular weight is 292 g/mol. The molecule has 1 heterocycles. The number of nitrogen functional groups attached to an aromatic ring is 1. The van der Waals surface area contributed by atoms with Gasteiger partial charge in [0.25, 0.3) is 0 Å². The lowest BCUT2D eigenvalue weighted by Gasteiger charge is -2.19. The van der Waals surface area contributed by atoms with Crippen molar-refractivity contribution >= 4 is 27.4 Å².